The average molecular weight is 363 g/mol. The van der Waals surface area contributed by atoms with Crippen molar-refractivity contribution in [1.82, 2.24) is 30.0 Å². The van der Waals surface area contributed by atoms with Gasteiger partial charge in [-0.1, -0.05) is 12.5 Å². The Kier molecular flexibility index (Phi) is 5.11. The maximum absolute atomic E-state index is 4.76. The normalized spacial score (nSPS) is 17.8. The summed E-state index contributed by atoms with van der Waals surface area (Å²) in [7, 11) is 0. The number of anilines is 2. The summed E-state index contributed by atoms with van der Waals surface area (Å²) in [5.41, 5.74) is 3.46. The van der Waals surface area contributed by atoms with Crippen LogP contribution in [-0.2, 0) is 6.54 Å². The first-order valence-corrected chi connectivity index (χ1v) is 9.45. The molecule has 27 heavy (non-hydrogen) atoms. The summed E-state index contributed by atoms with van der Waals surface area (Å²) < 4.78 is 0. The zero-order chi connectivity index (χ0) is 18.6. The van der Waals surface area contributed by atoms with Crippen molar-refractivity contribution in [2.75, 3.05) is 11.9 Å². The van der Waals surface area contributed by atoms with E-state index in [0.717, 1.165) is 48.4 Å². The maximum atomic E-state index is 4.76. The summed E-state index contributed by atoms with van der Waals surface area (Å²) >= 11 is 0. The third-order valence-corrected chi connectivity index (χ3v) is 5.04. The highest BCUT2D eigenvalue weighted by Crippen LogP contribution is 2.32. The number of pyridine rings is 1. The van der Waals surface area contributed by atoms with Crippen molar-refractivity contribution in [3.05, 3.63) is 59.4 Å². The number of rotatable bonds is 5. The molecule has 1 fully saturated rings. The van der Waals surface area contributed by atoms with Crippen LogP contribution in [-0.4, -0.2) is 36.6 Å². The fraction of sp³-hybridized carbons (Fsp3) is 0.400. The van der Waals surface area contributed by atoms with E-state index in [9.17, 15) is 0 Å². The van der Waals surface area contributed by atoms with Gasteiger partial charge in [0.15, 0.2) is 0 Å². The Morgan fingerprint density at radius 3 is 2.89 bits per heavy atom. The SMILES string of the molecule is Cc1nc(Nc2ccccn2)cc([C@@H]2CCCCN2Cc2cn[nH]c2C)n1. The third kappa shape index (κ3) is 4.14. The molecule has 3 aromatic rings. The molecule has 2 N–H and O–H groups in total. The number of aromatic amines is 1. The van der Waals surface area contributed by atoms with E-state index in [1.165, 1.54) is 18.4 Å². The largest absolute Gasteiger partial charge is 0.325 e. The number of aromatic nitrogens is 5. The predicted octanol–water partition coefficient (Wildman–Crippen LogP) is 3.68. The molecule has 1 atom stereocenters. The number of piperidine rings is 1. The van der Waals surface area contributed by atoms with Gasteiger partial charge in [-0.3, -0.25) is 10.00 Å². The summed E-state index contributed by atoms with van der Waals surface area (Å²) in [5.74, 6) is 2.35. The van der Waals surface area contributed by atoms with E-state index in [-0.39, 0.29) is 0 Å². The number of likely N-dealkylation sites (tertiary alicyclic amines) is 1. The second-order valence-electron chi connectivity index (χ2n) is 7.07. The minimum Gasteiger partial charge on any atom is -0.325 e. The lowest BCUT2D eigenvalue weighted by Gasteiger charge is -2.35. The standard InChI is InChI=1S/C20H25N7/c1-14-16(12-22-26-14)13-27-10-6-4-7-18(27)17-11-20(24-15(2)23-17)25-19-8-3-5-9-21-19/h3,5,8-9,11-12,18H,4,6-7,10,13H2,1-2H3,(H,22,26)(H,21,23,24,25)/t18-/m0/s1. The lowest BCUT2D eigenvalue weighted by atomic mass is 9.98. The summed E-state index contributed by atoms with van der Waals surface area (Å²) in [4.78, 5) is 16.1. The lowest BCUT2D eigenvalue weighted by molar-refractivity contribution is 0.137. The molecule has 1 aliphatic rings. The maximum Gasteiger partial charge on any atom is 0.135 e. The monoisotopic (exact) mass is 363 g/mol. The molecule has 0 spiro atoms. The molecule has 3 aromatic heterocycles. The highest BCUT2D eigenvalue weighted by Gasteiger charge is 2.26. The van der Waals surface area contributed by atoms with Crippen molar-refractivity contribution < 1.29 is 0 Å². The van der Waals surface area contributed by atoms with E-state index < -0.39 is 0 Å². The quantitative estimate of drug-likeness (QED) is 0.719. The Labute approximate surface area is 159 Å². The smallest absolute Gasteiger partial charge is 0.135 e. The van der Waals surface area contributed by atoms with E-state index in [0.29, 0.717) is 6.04 Å². The summed E-state index contributed by atoms with van der Waals surface area (Å²) in [6.45, 7) is 5.98. The molecule has 0 aliphatic carbocycles. The van der Waals surface area contributed by atoms with Gasteiger partial charge in [0.25, 0.3) is 0 Å². The van der Waals surface area contributed by atoms with Crippen LogP contribution in [0, 0.1) is 13.8 Å². The zero-order valence-corrected chi connectivity index (χ0v) is 15.8. The van der Waals surface area contributed by atoms with E-state index in [1.807, 2.05) is 31.3 Å². The molecule has 0 bridgehead atoms. The van der Waals surface area contributed by atoms with Crippen molar-refractivity contribution in [3.63, 3.8) is 0 Å². The average Bonchev–Trinajstić information content (AvgIpc) is 3.07. The van der Waals surface area contributed by atoms with Crippen molar-refractivity contribution in [2.45, 2.75) is 45.7 Å². The molecular formula is C20H25N7. The van der Waals surface area contributed by atoms with Gasteiger partial charge in [-0.2, -0.15) is 5.10 Å². The molecule has 1 saturated heterocycles. The van der Waals surface area contributed by atoms with Gasteiger partial charge in [-0.05, 0) is 45.4 Å². The first-order chi connectivity index (χ1) is 13.2. The number of hydrogen-bond acceptors (Lipinski definition) is 6. The van der Waals surface area contributed by atoms with Crippen molar-refractivity contribution >= 4 is 11.6 Å². The summed E-state index contributed by atoms with van der Waals surface area (Å²) in [6, 6.07) is 8.15. The minimum absolute atomic E-state index is 0.291. The van der Waals surface area contributed by atoms with E-state index >= 15 is 0 Å². The fourth-order valence-electron chi connectivity index (χ4n) is 3.66. The third-order valence-electron chi connectivity index (χ3n) is 5.04. The van der Waals surface area contributed by atoms with Crippen LogP contribution in [0.2, 0.25) is 0 Å². The number of nitrogens with zero attached hydrogens (tertiary/aromatic N) is 5. The van der Waals surface area contributed by atoms with Crippen LogP contribution in [0.5, 0.6) is 0 Å². The Morgan fingerprint density at radius 1 is 1.19 bits per heavy atom. The zero-order valence-electron chi connectivity index (χ0n) is 15.8. The van der Waals surface area contributed by atoms with Crippen LogP contribution in [0.4, 0.5) is 11.6 Å². The van der Waals surface area contributed by atoms with E-state index in [1.54, 1.807) is 6.20 Å². The molecule has 0 unspecified atom stereocenters. The Balaban J connectivity index is 1.59. The Morgan fingerprint density at radius 2 is 2.11 bits per heavy atom. The Bertz CT molecular complexity index is 890. The molecule has 0 amide bonds. The molecule has 140 valence electrons. The molecule has 7 heteroatoms. The van der Waals surface area contributed by atoms with Crippen LogP contribution < -0.4 is 5.32 Å². The summed E-state index contributed by atoms with van der Waals surface area (Å²) in [5, 5.41) is 10.5. The van der Waals surface area contributed by atoms with Gasteiger partial charge in [-0.25, -0.2) is 15.0 Å². The topological polar surface area (TPSA) is 82.6 Å². The molecular weight excluding hydrogens is 338 g/mol. The van der Waals surface area contributed by atoms with E-state index in [4.69, 9.17) is 4.98 Å². The van der Waals surface area contributed by atoms with Gasteiger partial charge < -0.3 is 5.32 Å². The van der Waals surface area contributed by atoms with Crippen LogP contribution in [0.1, 0.15) is 48.1 Å². The van der Waals surface area contributed by atoms with Crippen LogP contribution in [0.25, 0.3) is 0 Å². The van der Waals surface area contributed by atoms with Gasteiger partial charge in [-0.15, -0.1) is 0 Å². The molecule has 1 aliphatic heterocycles. The van der Waals surface area contributed by atoms with E-state index in [2.05, 4.69) is 43.4 Å². The second kappa shape index (κ2) is 7.84. The predicted molar refractivity (Wildman–Crippen MR) is 105 cm³/mol. The van der Waals surface area contributed by atoms with Crippen molar-refractivity contribution in [1.29, 1.82) is 0 Å². The van der Waals surface area contributed by atoms with Gasteiger partial charge in [0.2, 0.25) is 0 Å². The highest BCUT2D eigenvalue weighted by atomic mass is 15.2. The first-order valence-electron chi connectivity index (χ1n) is 9.45. The molecule has 0 radical (unpaired) electrons. The van der Waals surface area contributed by atoms with Crippen LogP contribution >= 0.6 is 0 Å². The summed E-state index contributed by atoms with van der Waals surface area (Å²) in [6.07, 6.45) is 7.25. The Hall–Kier alpha value is -2.80. The van der Waals surface area contributed by atoms with Crippen molar-refractivity contribution in [2.24, 2.45) is 0 Å². The molecule has 0 saturated carbocycles. The number of H-pyrrole nitrogens is 1. The highest BCUT2D eigenvalue weighted by molar-refractivity contribution is 5.51. The number of aryl methyl sites for hydroxylation is 2. The van der Waals surface area contributed by atoms with Crippen LogP contribution in [0.15, 0.2) is 36.7 Å². The van der Waals surface area contributed by atoms with Gasteiger partial charge in [0, 0.05) is 30.1 Å². The number of nitrogens with one attached hydrogen (secondary N) is 2. The molecule has 4 rings (SSSR count). The fourth-order valence-corrected chi connectivity index (χ4v) is 3.66. The van der Waals surface area contributed by atoms with Gasteiger partial charge in [0.05, 0.1) is 17.9 Å². The van der Waals surface area contributed by atoms with Gasteiger partial charge >= 0.3 is 0 Å². The second-order valence-corrected chi connectivity index (χ2v) is 7.07. The lowest BCUT2D eigenvalue weighted by Crippen LogP contribution is -2.33. The molecule has 4 heterocycles. The molecule has 7 nitrogen and oxygen atoms in total. The van der Waals surface area contributed by atoms with Gasteiger partial charge in [0.1, 0.15) is 17.5 Å². The van der Waals surface area contributed by atoms with Crippen LogP contribution in [0.3, 0.4) is 0 Å². The number of hydrogen-bond donors (Lipinski definition) is 2. The van der Waals surface area contributed by atoms with Crippen molar-refractivity contribution in [3.8, 4) is 0 Å². The molecule has 0 aromatic carbocycles. The minimum atomic E-state index is 0.291. The first kappa shape index (κ1) is 17.6.